The molecule has 2 aromatic heterocycles. The fourth-order valence-electron chi connectivity index (χ4n) is 2.24. The Kier molecular flexibility index (Phi) is 2.59. The summed E-state index contributed by atoms with van der Waals surface area (Å²) in [6, 6.07) is 6.03. The summed E-state index contributed by atoms with van der Waals surface area (Å²) >= 11 is 0. The summed E-state index contributed by atoms with van der Waals surface area (Å²) in [5.74, 6) is 1.50. The first kappa shape index (κ1) is 11.0. The minimum Gasteiger partial charge on any atom is -0.346 e. The van der Waals surface area contributed by atoms with E-state index in [1.165, 1.54) is 5.69 Å². The van der Waals surface area contributed by atoms with Crippen LogP contribution in [0.15, 0.2) is 29.5 Å². The second-order valence-electron chi connectivity index (χ2n) is 4.45. The van der Waals surface area contributed by atoms with Gasteiger partial charge in [-0.1, -0.05) is 0 Å². The van der Waals surface area contributed by atoms with E-state index in [1.54, 1.807) is 0 Å². The van der Waals surface area contributed by atoms with E-state index < -0.39 is 0 Å². The number of aryl methyl sites for hydroxylation is 3. The minimum absolute atomic E-state index is 0.748. The number of hydrogen-bond acceptors (Lipinski definition) is 4. The van der Waals surface area contributed by atoms with Crippen LogP contribution in [-0.2, 0) is 6.54 Å². The van der Waals surface area contributed by atoms with Crippen molar-refractivity contribution in [2.24, 2.45) is 5.10 Å². The summed E-state index contributed by atoms with van der Waals surface area (Å²) < 4.78 is 2.21. The number of nitrogens with zero attached hydrogens (tertiary/aromatic N) is 4. The van der Waals surface area contributed by atoms with Crippen LogP contribution in [0.4, 0.5) is 5.82 Å². The Morgan fingerprint density at radius 3 is 3.06 bits per heavy atom. The number of anilines is 1. The third-order valence-corrected chi connectivity index (χ3v) is 2.99. The highest BCUT2D eigenvalue weighted by Crippen LogP contribution is 2.16. The third-order valence-electron chi connectivity index (χ3n) is 2.99. The van der Waals surface area contributed by atoms with Crippen LogP contribution in [0.1, 0.15) is 23.6 Å². The van der Waals surface area contributed by atoms with E-state index in [0.717, 1.165) is 36.0 Å². The molecule has 1 N–H and O–H groups in total. The molecule has 1 aliphatic heterocycles. The van der Waals surface area contributed by atoms with Crippen molar-refractivity contribution in [2.45, 2.75) is 26.8 Å². The van der Waals surface area contributed by atoms with Crippen molar-refractivity contribution in [1.29, 1.82) is 0 Å². The third kappa shape index (κ3) is 1.99. The van der Waals surface area contributed by atoms with Gasteiger partial charge in [0.05, 0.1) is 11.4 Å². The van der Waals surface area contributed by atoms with Crippen LogP contribution >= 0.6 is 0 Å². The molecule has 0 fully saturated rings. The lowest BCUT2D eigenvalue weighted by molar-refractivity contribution is 0.771. The van der Waals surface area contributed by atoms with E-state index in [-0.39, 0.29) is 0 Å². The smallest absolute Gasteiger partial charge is 0.150 e. The van der Waals surface area contributed by atoms with Gasteiger partial charge in [-0.3, -0.25) is 5.43 Å². The summed E-state index contributed by atoms with van der Waals surface area (Å²) in [6.07, 6.45) is 3.04. The first-order valence-corrected chi connectivity index (χ1v) is 6.03. The largest absolute Gasteiger partial charge is 0.346 e. The molecular weight excluding hydrogens is 226 g/mol. The maximum atomic E-state index is 4.44. The van der Waals surface area contributed by atoms with Crippen LogP contribution < -0.4 is 5.43 Å². The predicted molar refractivity (Wildman–Crippen MR) is 70.7 cm³/mol. The molecule has 5 heteroatoms. The molecule has 3 heterocycles. The molecule has 0 radical (unpaired) electrons. The molecular formula is C13H15N5. The van der Waals surface area contributed by atoms with Crippen LogP contribution in [0.25, 0.3) is 0 Å². The molecule has 0 aliphatic carbocycles. The van der Waals surface area contributed by atoms with Gasteiger partial charge < -0.3 is 4.57 Å². The zero-order chi connectivity index (χ0) is 12.5. The topological polar surface area (TPSA) is 55.1 Å². The Labute approximate surface area is 106 Å². The van der Waals surface area contributed by atoms with Gasteiger partial charge >= 0.3 is 0 Å². The SMILES string of the molecule is Cc1cc(N/N=C2/CCn3cccc32)nc(C)n1. The molecule has 3 rings (SSSR count). The van der Waals surface area contributed by atoms with Gasteiger partial charge in [0.25, 0.3) is 0 Å². The van der Waals surface area contributed by atoms with E-state index in [2.05, 4.69) is 37.3 Å². The van der Waals surface area contributed by atoms with Crippen molar-refractivity contribution >= 4 is 11.5 Å². The van der Waals surface area contributed by atoms with Gasteiger partial charge in [-0.15, -0.1) is 0 Å². The molecule has 18 heavy (non-hydrogen) atoms. The molecule has 0 saturated heterocycles. The van der Waals surface area contributed by atoms with Crippen LogP contribution in [0, 0.1) is 13.8 Å². The molecule has 0 atom stereocenters. The normalized spacial score (nSPS) is 16.0. The van der Waals surface area contributed by atoms with E-state index in [0.29, 0.717) is 0 Å². The Hall–Kier alpha value is -2.17. The summed E-state index contributed by atoms with van der Waals surface area (Å²) in [7, 11) is 0. The first-order chi connectivity index (χ1) is 8.72. The van der Waals surface area contributed by atoms with Crippen LogP contribution in [0.2, 0.25) is 0 Å². The van der Waals surface area contributed by atoms with E-state index in [1.807, 2.05) is 26.0 Å². The first-order valence-electron chi connectivity index (χ1n) is 6.03. The quantitative estimate of drug-likeness (QED) is 0.819. The van der Waals surface area contributed by atoms with Crippen molar-refractivity contribution < 1.29 is 0 Å². The molecule has 92 valence electrons. The highest BCUT2D eigenvalue weighted by atomic mass is 15.3. The lowest BCUT2D eigenvalue weighted by Crippen LogP contribution is -2.03. The van der Waals surface area contributed by atoms with Crippen molar-refractivity contribution in [2.75, 3.05) is 5.43 Å². The highest BCUT2D eigenvalue weighted by Gasteiger charge is 2.16. The fourth-order valence-corrected chi connectivity index (χ4v) is 2.24. The molecule has 0 saturated carbocycles. The van der Waals surface area contributed by atoms with Crippen molar-refractivity contribution in [3.05, 3.63) is 41.6 Å². The van der Waals surface area contributed by atoms with E-state index in [9.17, 15) is 0 Å². The molecule has 0 bridgehead atoms. The molecule has 0 amide bonds. The fraction of sp³-hybridized carbons (Fsp3) is 0.308. The maximum absolute atomic E-state index is 4.44. The van der Waals surface area contributed by atoms with Crippen LogP contribution in [-0.4, -0.2) is 20.2 Å². The Balaban J connectivity index is 1.83. The van der Waals surface area contributed by atoms with Gasteiger partial charge in [0.2, 0.25) is 0 Å². The predicted octanol–water partition coefficient (Wildman–Crippen LogP) is 2.11. The van der Waals surface area contributed by atoms with Gasteiger partial charge in [0, 0.05) is 30.9 Å². The van der Waals surface area contributed by atoms with Crippen molar-refractivity contribution in [3.63, 3.8) is 0 Å². The summed E-state index contributed by atoms with van der Waals surface area (Å²) in [5.41, 5.74) is 6.23. The Bertz CT molecular complexity index is 591. The van der Waals surface area contributed by atoms with Crippen LogP contribution in [0.3, 0.4) is 0 Å². The van der Waals surface area contributed by atoms with Gasteiger partial charge in [-0.05, 0) is 26.0 Å². The average molecular weight is 241 g/mol. The van der Waals surface area contributed by atoms with Crippen molar-refractivity contribution in [1.82, 2.24) is 14.5 Å². The molecule has 5 nitrogen and oxygen atoms in total. The summed E-state index contributed by atoms with van der Waals surface area (Å²) in [5, 5.41) is 4.44. The molecule has 0 unspecified atom stereocenters. The molecule has 0 aromatic carbocycles. The highest BCUT2D eigenvalue weighted by molar-refractivity contribution is 6.01. The van der Waals surface area contributed by atoms with E-state index >= 15 is 0 Å². The summed E-state index contributed by atoms with van der Waals surface area (Å²) in [6.45, 7) is 4.84. The second kappa shape index (κ2) is 4.25. The number of aromatic nitrogens is 3. The minimum atomic E-state index is 0.748. The number of rotatable bonds is 2. The van der Waals surface area contributed by atoms with Gasteiger partial charge in [-0.2, -0.15) is 5.10 Å². The second-order valence-corrected chi connectivity index (χ2v) is 4.45. The number of hydrogen-bond donors (Lipinski definition) is 1. The Morgan fingerprint density at radius 1 is 1.33 bits per heavy atom. The average Bonchev–Trinajstić information content (AvgIpc) is 2.87. The standard InChI is InChI=1S/C13H15N5/c1-9-8-13(15-10(2)14-9)17-16-11-5-7-18-6-3-4-12(11)18/h3-4,6,8H,5,7H2,1-2H3,(H,14,15,17)/b16-11-. The van der Waals surface area contributed by atoms with Gasteiger partial charge in [0.15, 0.2) is 0 Å². The zero-order valence-electron chi connectivity index (χ0n) is 10.5. The number of hydrazone groups is 1. The molecule has 1 aliphatic rings. The zero-order valence-corrected chi connectivity index (χ0v) is 10.5. The van der Waals surface area contributed by atoms with Gasteiger partial charge in [0.1, 0.15) is 11.6 Å². The maximum Gasteiger partial charge on any atom is 0.150 e. The lowest BCUT2D eigenvalue weighted by atomic mass is 10.2. The summed E-state index contributed by atoms with van der Waals surface area (Å²) in [4.78, 5) is 8.54. The molecule has 0 spiro atoms. The monoisotopic (exact) mass is 241 g/mol. The number of nitrogens with one attached hydrogen (secondary N) is 1. The Morgan fingerprint density at radius 2 is 2.22 bits per heavy atom. The molecule has 2 aromatic rings. The number of fused-ring (bicyclic) bond motifs is 1. The lowest BCUT2D eigenvalue weighted by Gasteiger charge is -2.03. The van der Waals surface area contributed by atoms with Crippen molar-refractivity contribution in [3.8, 4) is 0 Å². The van der Waals surface area contributed by atoms with Gasteiger partial charge in [-0.25, -0.2) is 9.97 Å². The van der Waals surface area contributed by atoms with Crippen LogP contribution in [0.5, 0.6) is 0 Å². The van der Waals surface area contributed by atoms with E-state index in [4.69, 9.17) is 0 Å².